The van der Waals surface area contributed by atoms with E-state index in [9.17, 15) is 30.7 Å². The second-order valence-corrected chi connectivity index (χ2v) is 13.1. The molecule has 0 saturated heterocycles. The molecule has 6 rings (SSSR count). The van der Waals surface area contributed by atoms with Crippen molar-refractivity contribution in [2.75, 3.05) is 22.9 Å². The van der Waals surface area contributed by atoms with Gasteiger partial charge in [-0.1, -0.05) is 64.1 Å². The highest BCUT2D eigenvalue weighted by Gasteiger charge is 2.82. The summed E-state index contributed by atoms with van der Waals surface area (Å²) < 4.78 is 134. The average Bonchev–Trinajstić information content (AvgIpc) is 3.26. The zero-order valence-corrected chi connectivity index (χ0v) is 26.8. The maximum atomic E-state index is 15.5. The highest BCUT2D eigenvalue weighted by molar-refractivity contribution is 6.03. The first-order chi connectivity index (χ1) is 22.8. The average molecular weight is 698 g/mol. The number of hydrogen-bond donors (Lipinski definition) is 0. The minimum atomic E-state index is -7.06. The third-order valence-corrected chi connectivity index (χ3v) is 8.77. The van der Waals surface area contributed by atoms with Crippen LogP contribution >= 0.6 is 0 Å². The number of halogens is 9. The third kappa shape index (κ3) is 5.30. The lowest BCUT2D eigenvalue weighted by Gasteiger charge is -2.44. The lowest BCUT2D eigenvalue weighted by atomic mass is 9.91. The Balaban J connectivity index is 1.55. The Kier molecular flexibility index (Phi) is 8.22. The molecule has 0 bridgehead atoms. The lowest BCUT2D eigenvalue weighted by molar-refractivity contribution is -0.399. The summed E-state index contributed by atoms with van der Waals surface area (Å²) in [6.07, 6.45) is -4.37. The van der Waals surface area contributed by atoms with Gasteiger partial charge in [-0.25, -0.2) is 15.0 Å². The second-order valence-electron chi connectivity index (χ2n) is 13.1. The first kappa shape index (κ1) is 34.6. The molecule has 6 nitrogen and oxygen atoms in total. The minimum Gasteiger partial charge on any atom is -0.442 e. The SMILES string of the molecule is CC(C)CCN1c2nc3ccccc3nc2N(CCC(C)C)C12C=Nc1c(ccc3cccc(C(F)(F)C(F)(F)C(F)(F)C(F)(F)F)c13)O2. The number of aliphatic imine (C=N–C) groups is 1. The van der Waals surface area contributed by atoms with Crippen LogP contribution in [0.25, 0.3) is 21.8 Å². The first-order valence-electron chi connectivity index (χ1n) is 15.7. The van der Waals surface area contributed by atoms with Crippen LogP contribution in [-0.2, 0) is 5.92 Å². The second kappa shape index (κ2) is 11.7. The van der Waals surface area contributed by atoms with Gasteiger partial charge >= 0.3 is 29.8 Å². The summed E-state index contributed by atoms with van der Waals surface area (Å²) in [5.41, 5.74) is -0.997. The number of ether oxygens (including phenoxy) is 1. The van der Waals surface area contributed by atoms with Crippen LogP contribution in [0.3, 0.4) is 0 Å². The molecule has 0 fully saturated rings. The van der Waals surface area contributed by atoms with Gasteiger partial charge in [-0.2, -0.15) is 39.5 Å². The van der Waals surface area contributed by atoms with Gasteiger partial charge in [0.05, 0.1) is 17.2 Å². The monoisotopic (exact) mass is 697 g/mol. The Hall–Kier alpha value is -4.30. The molecule has 2 aliphatic rings. The van der Waals surface area contributed by atoms with E-state index < -0.39 is 46.4 Å². The fourth-order valence-electron chi connectivity index (χ4n) is 6.04. The van der Waals surface area contributed by atoms with Crippen LogP contribution in [-0.4, -0.2) is 53.1 Å². The summed E-state index contributed by atoms with van der Waals surface area (Å²) >= 11 is 0. The zero-order chi connectivity index (χ0) is 35.7. The van der Waals surface area contributed by atoms with E-state index in [4.69, 9.17) is 14.7 Å². The molecule has 0 unspecified atom stereocenters. The summed E-state index contributed by atoms with van der Waals surface area (Å²) in [7, 11) is 0. The van der Waals surface area contributed by atoms with E-state index >= 15 is 8.78 Å². The number of aromatic nitrogens is 2. The van der Waals surface area contributed by atoms with E-state index in [-0.39, 0.29) is 23.0 Å². The maximum absolute atomic E-state index is 15.5. The third-order valence-electron chi connectivity index (χ3n) is 8.77. The summed E-state index contributed by atoms with van der Waals surface area (Å²) in [6, 6.07) is 12.3. The molecule has 0 saturated carbocycles. The van der Waals surface area contributed by atoms with Gasteiger partial charge in [-0.3, -0.25) is 9.80 Å². The van der Waals surface area contributed by atoms with Crippen LogP contribution < -0.4 is 14.5 Å². The van der Waals surface area contributed by atoms with E-state index in [1.165, 1.54) is 24.4 Å². The Morgan fingerprint density at radius 3 is 1.76 bits per heavy atom. The number of hydrogen-bond acceptors (Lipinski definition) is 6. The molecule has 49 heavy (non-hydrogen) atoms. The van der Waals surface area contributed by atoms with Gasteiger partial charge in [0.25, 0.3) is 0 Å². The number of benzene rings is 3. The van der Waals surface area contributed by atoms with Crippen LogP contribution in [0.15, 0.2) is 59.6 Å². The maximum Gasteiger partial charge on any atom is 0.460 e. The van der Waals surface area contributed by atoms with Gasteiger partial charge in [-0.05, 0) is 48.3 Å². The molecule has 0 aliphatic carbocycles. The molecule has 1 spiro atoms. The van der Waals surface area contributed by atoms with Gasteiger partial charge in [0.15, 0.2) is 17.4 Å². The summed E-state index contributed by atoms with van der Waals surface area (Å²) in [5, 5.41) is -0.912. The molecule has 0 atom stereocenters. The molecule has 262 valence electrons. The number of fused-ring (bicyclic) bond motifs is 5. The minimum absolute atomic E-state index is 0.156. The van der Waals surface area contributed by atoms with Gasteiger partial charge in [0.2, 0.25) is 0 Å². The number of alkyl halides is 9. The van der Waals surface area contributed by atoms with Gasteiger partial charge < -0.3 is 4.74 Å². The fourth-order valence-corrected chi connectivity index (χ4v) is 6.04. The largest absolute Gasteiger partial charge is 0.460 e. The van der Waals surface area contributed by atoms with Crippen molar-refractivity contribution >= 4 is 45.3 Å². The fraction of sp³-hybridized carbons (Fsp3) is 0.441. The van der Waals surface area contributed by atoms with Crippen molar-refractivity contribution in [2.24, 2.45) is 16.8 Å². The summed E-state index contributed by atoms with van der Waals surface area (Å²) in [5.74, 6) is -20.3. The predicted molar refractivity (Wildman–Crippen MR) is 168 cm³/mol. The molecule has 0 N–H and O–H groups in total. The van der Waals surface area contributed by atoms with Crippen molar-refractivity contribution in [1.29, 1.82) is 0 Å². The normalized spacial score (nSPS) is 16.3. The van der Waals surface area contributed by atoms with E-state index in [1.807, 2.05) is 49.6 Å². The molecule has 3 heterocycles. The lowest BCUT2D eigenvalue weighted by Crippen LogP contribution is -2.64. The topological polar surface area (TPSA) is 53.9 Å². The molecule has 15 heteroatoms. The summed E-state index contributed by atoms with van der Waals surface area (Å²) in [6.45, 7) is 8.80. The summed E-state index contributed by atoms with van der Waals surface area (Å²) in [4.78, 5) is 17.9. The van der Waals surface area contributed by atoms with Gasteiger partial charge in [0.1, 0.15) is 5.69 Å². The van der Waals surface area contributed by atoms with Crippen molar-refractivity contribution < 1.29 is 44.3 Å². The van der Waals surface area contributed by atoms with Crippen LogP contribution in [0.1, 0.15) is 46.1 Å². The molecular formula is C34H32F9N5O. The standard InChI is InChI=1S/C34H32F9N5O/c1-19(2)14-16-47-28-29(46-24-11-6-5-10-23(24)45-28)48(17-15-20(3)4)30(47)18-44-27-25(49-30)13-12-21-8-7-9-22(26(21)27)31(35,36)32(37,38)33(39,40)34(41,42)43/h5-13,18-20H,14-17H2,1-4H3. The number of nitrogens with zero attached hydrogens (tertiary/aromatic N) is 5. The van der Waals surface area contributed by atoms with Crippen molar-refractivity contribution in [3.8, 4) is 5.75 Å². The van der Waals surface area contributed by atoms with Crippen molar-refractivity contribution in [2.45, 2.75) is 70.3 Å². The molecule has 3 aromatic carbocycles. The Morgan fingerprint density at radius 1 is 0.694 bits per heavy atom. The molecule has 0 radical (unpaired) electrons. The smallest absolute Gasteiger partial charge is 0.442 e. The number of para-hydroxylation sites is 2. The van der Waals surface area contributed by atoms with E-state index in [0.717, 1.165) is 6.07 Å². The van der Waals surface area contributed by atoms with Crippen LogP contribution in [0.2, 0.25) is 0 Å². The van der Waals surface area contributed by atoms with Crippen LogP contribution in [0, 0.1) is 11.8 Å². The number of anilines is 2. The molecule has 0 amide bonds. The Bertz CT molecular complexity index is 1870. The quantitative estimate of drug-likeness (QED) is 0.163. The van der Waals surface area contributed by atoms with E-state index in [0.29, 0.717) is 54.7 Å². The molecule has 4 aromatic rings. The highest BCUT2D eigenvalue weighted by Crippen LogP contribution is 2.59. The molecular weight excluding hydrogens is 665 g/mol. The Labute approximate surface area is 275 Å². The van der Waals surface area contributed by atoms with Crippen molar-refractivity contribution in [3.05, 3.63) is 60.2 Å². The van der Waals surface area contributed by atoms with Crippen molar-refractivity contribution in [1.82, 2.24) is 9.97 Å². The number of rotatable bonds is 9. The van der Waals surface area contributed by atoms with E-state index in [1.54, 1.807) is 12.1 Å². The van der Waals surface area contributed by atoms with Crippen LogP contribution in [0.5, 0.6) is 5.75 Å². The predicted octanol–water partition coefficient (Wildman–Crippen LogP) is 9.87. The first-order valence-corrected chi connectivity index (χ1v) is 15.7. The van der Waals surface area contributed by atoms with Gasteiger partial charge in [-0.15, -0.1) is 0 Å². The van der Waals surface area contributed by atoms with Crippen LogP contribution in [0.4, 0.5) is 56.8 Å². The zero-order valence-electron chi connectivity index (χ0n) is 26.8. The molecule has 1 aromatic heterocycles. The van der Waals surface area contributed by atoms with E-state index in [2.05, 4.69) is 4.99 Å². The molecule has 2 aliphatic heterocycles. The highest BCUT2D eigenvalue weighted by atomic mass is 19.4. The van der Waals surface area contributed by atoms with Gasteiger partial charge in [0, 0.05) is 24.0 Å². The Morgan fingerprint density at radius 2 is 1.24 bits per heavy atom. The van der Waals surface area contributed by atoms with Crippen molar-refractivity contribution in [3.63, 3.8) is 0 Å².